The molecule has 1 atom stereocenters. The van der Waals surface area contributed by atoms with Gasteiger partial charge in [0.05, 0.1) is 12.0 Å². The van der Waals surface area contributed by atoms with Gasteiger partial charge in [-0.05, 0) is 26.1 Å². The Morgan fingerprint density at radius 3 is 2.29 bits per heavy atom. The van der Waals surface area contributed by atoms with Gasteiger partial charge in [0.15, 0.2) is 0 Å². The number of hydrogen-bond acceptors (Lipinski definition) is 2. The van der Waals surface area contributed by atoms with Crippen molar-refractivity contribution < 1.29 is 9.90 Å². The van der Waals surface area contributed by atoms with Gasteiger partial charge in [0.1, 0.15) is 0 Å². The summed E-state index contributed by atoms with van der Waals surface area (Å²) in [4.78, 5) is 13.2. The summed E-state index contributed by atoms with van der Waals surface area (Å²) in [6.45, 7) is 2.09. The molecular weight excluding hydrogens is 214 g/mol. The summed E-state index contributed by atoms with van der Waals surface area (Å²) in [6.07, 6.45) is 1.94. The van der Waals surface area contributed by atoms with Crippen molar-refractivity contribution in [2.45, 2.75) is 31.7 Å². The average Bonchev–Trinajstić information content (AvgIpc) is 2.28. The van der Waals surface area contributed by atoms with Crippen LogP contribution < -0.4 is 0 Å². The maximum absolute atomic E-state index is 11.1. The molecule has 0 spiro atoms. The van der Waals surface area contributed by atoms with Gasteiger partial charge >= 0.3 is 5.97 Å². The third-order valence-corrected chi connectivity index (χ3v) is 3.27. The SMILES string of the molecule is CCCC(CC(=O)O)(c1ccccc1)N(C)C. The Hall–Kier alpha value is -1.35. The molecule has 0 aliphatic rings. The van der Waals surface area contributed by atoms with E-state index in [1.165, 1.54) is 0 Å². The van der Waals surface area contributed by atoms with Crippen molar-refractivity contribution in [3.05, 3.63) is 35.9 Å². The predicted octanol–water partition coefficient (Wildman–Crippen LogP) is 2.72. The molecule has 1 N–H and O–H groups in total. The fraction of sp³-hybridized carbons (Fsp3) is 0.500. The summed E-state index contributed by atoms with van der Waals surface area (Å²) in [7, 11) is 3.90. The Balaban J connectivity index is 3.19. The number of carboxylic acids is 1. The number of rotatable bonds is 6. The fourth-order valence-corrected chi connectivity index (χ4v) is 2.39. The number of carbonyl (C=O) groups is 1. The Morgan fingerprint density at radius 1 is 1.29 bits per heavy atom. The predicted molar refractivity (Wildman–Crippen MR) is 69.0 cm³/mol. The third kappa shape index (κ3) is 3.07. The van der Waals surface area contributed by atoms with Crippen LogP contribution in [0.5, 0.6) is 0 Å². The second kappa shape index (κ2) is 5.82. The molecule has 1 rings (SSSR count). The van der Waals surface area contributed by atoms with Crippen LogP contribution in [-0.2, 0) is 10.3 Å². The van der Waals surface area contributed by atoms with Crippen molar-refractivity contribution in [1.29, 1.82) is 0 Å². The molecule has 0 aliphatic heterocycles. The quantitative estimate of drug-likeness (QED) is 0.824. The van der Waals surface area contributed by atoms with Crippen LogP contribution in [0.15, 0.2) is 30.3 Å². The maximum atomic E-state index is 11.1. The summed E-state index contributed by atoms with van der Waals surface area (Å²) < 4.78 is 0. The second-order valence-corrected chi connectivity index (χ2v) is 4.61. The normalized spacial score (nSPS) is 14.6. The zero-order chi connectivity index (χ0) is 12.9. The molecule has 3 nitrogen and oxygen atoms in total. The molecule has 0 aromatic heterocycles. The topological polar surface area (TPSA) is 40.5 Å². The first-order chi connectivity index (χ1) is 8.03. The van der Waals surface area contributed by atoms with Gasteiger partial charge in [-0.1, -0.05) is 43.7 Å². The first-order valence-electron chi connectivity index (χ1n) is 5.97. The smallest absolute Gasteiger partial charge is 0.305 e. The van der Waals surface area contributed by atoms with E-state index >= 15 is 0 Å². The summed E-state index contributed by atoms with van der Waals surface area (Å²) in [5, 5.41) is 9.16. The van der Waals surface area contributed by atoms with Crippen LogP contribution in [0.3, 0.4) is 0 Å². The van der Waals surface area contributed by atoms with Crippen molar-refractivity contribution in [2.24, 2.45) is 0 Å². The van der Waals surface area contributed by atoms with Gasteiger partial charge in [-0.15, -0.1) is 0 Å². The molecule has 0 bridgehead atoms. The highest BCUT2D eigenvalue weighted by Gasteiger charge is 2.35. The molecule has 0 radical (unpaired) electrons. The third-order valence-electron chi connectivity index (χ3n) is 3.27. The lowest BCUT2D eigenvalue weighted by atomic mass is 9.81. The van der Waals surface area contributed by atoms with Gasteiger partial charge in [-0.25, -0.2) is 0 Å². The monoisotopic (exact) mass is 235 g/mol. The van der Waals surface area contributed by atoms with Crippen molar-refractivity contribution in [2.75, 3.05) is 14.1 Å². The Labute approximate surface area is 103 Å². The highest BCUT2D eigenvalue weighted by atomic mass is 16.4. The van der Waals surface area contributed by atoms with Crippen molar-refractivity contribution >= 4 is 5.97 Å². The molecule has 0 amide bonds. The van der Waals surface area contributed by atoms with Crippen LogP contribution >= 0.6 is 0 Å². The zero-order valence-corrected chi connectivity index (χ0v) is 10.8. The number of hydrogen-bond donors (Lipinski definition) is 1. The Morgan fingerprint density at radius 2 is 1.88 bits per heavy atom. The molecule has 1 aromatic carbocycles. The van der Waals surface area contributed by atoms with Crippen LogP contribution in [0.2, 0.25) is 0 Å². The van der Waals surface area contributed by atoms with Gasteiger partial charge < -0.3 is 5.11 Å². The lowest BCUT2D eigenvalue weighted by Gasteiger charge is -2.39. The van der Waals surface area contributed by atoms with Crippen LogP contribution in [0.1, 0.15) is 31.7 Å². The lowest BCUT2D eigenvalue weighted by molar-refractivity contribution is -0.140. The van der Waals surface area contributed by atoms with Gasteiger partial charge in [0, 0.05) is 0 Å². The summed E-state index contributed by atoms with van der Waals surface area (Å²) >= 11 is 0. The molecule has 0 saturated heterocycles. The van der Waals surface area contributed by atoms with Crippen LogP contribution in [-0.4, -0.2) is 30.1 Å². The number of carboxylic acid groups (broad SMARTS) is 1. The highest BCUT2D eigenvalue weighted by molar-refractivity contribution is 5.69. The van der Waals surface area contributed by atoms with Crippen LogP contribution in [0.25, 0.3) is 0 Å². The summed E-state index contributed by atoms with van der Waals surface area (Å²) in [6, 6.07) is 9.91. The van der Waals surface area contributed by atoms with E-state index in [1.54, 1.807) is 0 Å². The van der Waals surface area contributed by atoms with E-state index in [4.69, 9.17) is 5.11 Å². The largest absolute Gasteiger partial charge is 0.481 e. The van der Waals surface area contributed by atoms with Gasteiger partial charge in [0.25, 0.3) is 0 Å². The highest BCUT2D eigenvalue weighted by Crippen LogP contribution is 2.35. The molecule has 1 aromatic rings. The fourth-order valence-electron chi connectivity index (χ4n) is 2.39. The minimum absolute atomic E-state index is 0.137. The van der Waals surface area contributed by atoms with Gasteiger partial charge in [-0.2, -0.15) is 0 Å². The molecule has 1 unspecified atom stereocenters. The second-order valence-electron chi connectivity index (χ2n) is 4.61. The summed E-state index contributed by atoms with van der Waals surface area (Å²) in [5.41, 5.74) is 0.677. The van der Waals surface area contributed by atoms with Crippen molar-refractivity contribution in [1.82, 2.24) is 4.90 Å². The van der Waals surface area contributed by atoms with Crippen LogP contribution in [0, 0.1) is 0 Å². The maximum Gasteiger partial charge on any atom is 0.305 e. The van der Waals surface area contributed by atoms with E-state index in [-0.39, 0.29) is 6.42 Å². The summed E-state index contributed by atoms with van der Waals surface area (Å²) in [5.74, 6) is -0.754. The molecule has 17 heavy (non-hydrogen) atoms. The Kier molecular flexibility index (Phi) is 4.70. The molecule has 3 heteroatoms. The molecule has 0 fully saturated rings. The minimum Gasteiger partial charge on any atom is -0.481 e. The van der Waals surface area contributed by atoms with Crippen molar-refractivity contribution in [3.8, 4) is 0 Å². The number of aliphatic carboxylic acids is 1. The molecule has 0 aliphatic carbocycles. The van der Waals surface area contributed by atoms with E-state index in [9.17, 15) is 4.79 Å². The van der Waals surface area contributed by atoms with E-state index in [2.05, 4.69) is 6.92 Å². The molecule has 0 saturated carbocycles. The standard InChI is InChI=1S/C14H21NO2/c1-4-10-14(15(2)3,11-13(16)17)12-8-6-5-7-9-12/h5-9H,4,10-11H2,1-3H3,(H,16,17). The van der Waals surface area contributed by atoms with Crippen molar-refractivity contribution in [3.63, 3.8) is 0 Å². The lowest BCUT2D eigenvalue weighted by Crippen LogP contribution is -2.43. The van der Waals surface area contributed by atoms with E-state index < -0.39 is 11.5 Å². The Bertz CT molecular complexity index is 362. The molecule has 0 heterocycles. The first-order valence-corrected chi connectivity index (χ1v) is 5.97. The van der Waals surface area contributed by atoms with E-state index in [1.807, 2.05) is 49.3 Å². The minimum atomic E-state index is -0.754. The first kappa shape index (κ1) is 13.7. The number of benzene rings is 1. The number of nitrogens with zero attached hydrogens (tertiary/aromatic N) is 1. The van der Waals surface area contributed by atoms with E-state index in [0.717, 1.165) is 18.4 Å². The van der Waals surface area contributed by atoms with Gasteiger partial charge in [-0.3, -0.25) is 9.69 Å². The van der Waals surface area contributed by atoms with Gasteiger partial charge in [0.2, 0.25) is 0 Å². The van der Waals surface area contributed by atoms with E-state index in [0.29, 0.717) is 0 Å². The van der Waals surface area contributed by atoms with Crippen LogP contribution in [0.4, 0.5) is 0 Å². The average molecular weight is 235 g/mol. The molecular formula is C14H21NO2. The molecule has 94 valence electrons. The zero-order valence-electron chi connectivity index (χ0n) is 10.8.